The van der Waals surface area contributed by atoms with Crippen LogP contribution in [0, 0.1) is 5.82 Å². The van der Waals surface area contributed by atoms with E-state index in [2.05, 4.69) is 0 Å². The van der Waals surface area contributed by atoms with Crippen molar-refractivity contribution >= 4 is 29.3 Å². The number of amides is 3. The highest BCUT2D eigenvalue weighted by Crippen LogP contribution is 2.28. The fraction of sp³-hybridized carbons (Fsp3) is 0.500. The van der Waals surface area contributed by atoms with Crippen molar-refractivity contribution in [3.8, 4) is 0 Å². The van der Waals surface area contributed by atoms with Gasteiger partial charge in [-0.3, -0.25) is 19.3 Å². The minimum Gasteiger partial charge on any atom is -0.442 e. The largest absolute Gasteiger partial charge is 0.442 e. The highest BCUT2D eigenvalue weighted by molar-refractivity contribution is 5.90. The molecular weight excluding hydrogens is 423 g/mol. The number of hydrogen-bond donors (Lipinski definition) is 2. The Hall–Kier alpha value is -3.06. The van der Waals surface area contributed by atoms with Crippen LogP contribution in [-0.4, -0.2) is 81.4 Å². The summed E-state index contributed by atoms with van der Waals surface area (Å²) >= 11 is 0. The molecule has 3 rings (SSSR count). The zero-order valence-electron chi connectivity index (χ0n) is 16.4. The lowest BCUT2D eigenvalue weighted by atomic mass is 10.2. The number of rotatable bonds is 6. The van der Waals surface area contributed by atoms with Crippen LogP contribution in [0.1, 0.15) is 0 Å². The smallest absolute Gasteiger partial charge is 0.414 e. The van der Waals surface area contributed by atoms with Crippen molar-refractivity contribution in [2.24, 2.45) is 5.73 Å². The van der Waals surface area contributed by atoms with E-state index in [4.69, 9.17) is 15.3 Å². The molecule has 0 aliphatic carbocycles. The monoisotopic (exact) mass is 445 g/mol. The van der Waals surface area contributed by atoms with Crippen LogP contribution in [0.4, 0.5) is 29.3 Å². The second-order valence-corrected chi connectivity index (χ2v) is 6.82. The molecule has 2 aliphatic heterocycles. The molecule has 1 atom stereocenters. The Balaban J connectivity index is 1.63. The second-order valence-electron chi connectivity index (χ2n) is 6.82. The number of nitrogens with one attached hydrogen (secondary N) is 1. The molecule has 2 saturated heterocycles. The van der Waals surface area contributed by atoms with Gasteiger partial charge in [0, 0.05) is 13.1 Å². The fourth-order valence-electron chi connectivity index (χ4n) is 3.24. The zero-order valence-corrected chi connectivity index (χ0v) is 16.4. The van der Waals surface area contributed by atoms with Crippen LogP contribution in [0.3, 0.4) is 0 Å². The average Bonchev–Trinajstić information content (AvgIpc) is 2.95. The molecule has 0 aromatic heterocycles. The summed E-state index contributed by atoms with van der Waals surface area (Å²) in [5.41, 5.74) is 5.82. The third kappa shape index (κ3) is 5.35. The molecule has 31 heavy (non-hydrogen) atoms. The van der Waals surface area contributed by atoms with E-state index < -0.39 is 30.3 Å². The molecular formula is C18H22F3N5O5. The Kier molecular flexibility index (Phi) is 7.17. The number of halogens is 3. The number of hydrogen-bond acceptors (Lipinski definition) is 7. The number of nitrogens with two attached hydrogens (primary N) is 1. The first-order valence-corrected chi connectivity index (χ1v) is 9.52. The SMILES string of the molecule is NCC(=O)N1CCN(c2ccc(N3CC(CNC(=O)C(F)F)OC3=O)cc2F)CCO1. The van der Waals surface area contributed by atoms with Crippen LogP contribution >= 0.6 is 0 Å². The first kappa shape index (κ1) is 22.6. The van der Waals surface area contributed by atoms with Crippen molar-refractivity contribution in [1.82, 2.24) is 10.4 Å². The number of cyclic esters (lactones) is 1. The maximum absolute atomic E-state index is 14.8. The predicted molar refractivity (Wildman–Crippen MR) is 102 cm³/mol. The summed E-state index contributed by atoms with van der Waals surface area (Å²) in [7, 11) is 0. The molecule has 2 aliphatic rings. The lowest BCUT2D eigenvalue weighted by Gasteiger charge is -2.23. The summed E-state index contributed by atoms with van der Waals surface area (Å²) in [6.45, 7) is 0.523. The summed E-state index contributed by atoms with van der Waals surface area (Å²) in [5.74, 6) is -2.43. The maximum atomic E-state index is 14.8. The molecule has 1 aromatic carbocycles. The van der Waals surface area contributed by atoms with Gasteiger partial charge < -0.3 is 20.7 Å². The lowest BCUT2D eigenvalue weighted by molar-refractivity contribution is -0.180. The molecule has 1 aromatic rings. The first-order chi connectivity index (χ1) is 14.8. The van der Waals surface area contributed by atoms with Crippen molar-refractivity contribution in [3.63, 3.8) is 0 Å². The summed E-state index contributed by atoms with van der Waals surface area (Å²) in [6, 6.07) is 4.17. The molecule has 3 N–H and O–H groups in total. The van der Waals surface area contributed by atoms with Crippen molar-refractivity contribution in [2.45, 2.75) is 12.5 Å². The van der Waals surface area contributed by atoms with E-state index in [9.17, 15) is 27.6 Å². The number of carbonyl (C=O) groups is 3. The minimum atomic E-state index is -3.17. The molecule has 0 spiro atoms. The highest BCUT2D eigenvalue weighted by Gasteiger charge is 2.33. The number of nitrogens with zero attached hydrogens (tertiary/aromatic N) is 3. The van der Waals surface area contributed by atoms with Gasteiger partial charge in [0.1, 0.15) is 11.9 Å². The van der Waals surface area contributed by atoms with E-state index in [-0.39, 0.29) is 50.1 Å². The summed E-state index contributed by atoms with van der Waals surface area (Å²) in [6.07, 6.45) is -4.78. The first-order valence-electron chi connectivity index (χ1n) is 9.52. The predicted octanol–water partition coefficient (Wildman–Crippen LogP) is 0.0711. The molecule has 3 amide bonds. The highest BCUT2D eigenvalue weighted by atomic mass is 19.3. The van der Waals surface area contributed by atoms with Gasteiger partial charge >= 0.3 is 12.5 Å². The quantitative estimate of drug-likeness (QED) is 0.637. The number of ether oxygens (including phenoxy) is 1. The average molecular weight is 445 g/mol. The summed E-state index contributed by atoms with van der Waals surface area (Å²) < 4.78 is 44.3. The van der Waals surface area contributed by atoms with Gasteiger partial charge in [-0.2, -0.15) is 8.78 Å². The Morgan fingerprint density at radius 1 is 1.26 bits per heavy atom. The van der Waals surface area contributed by atoms with Crippen LogP contribution in [0.15, 0.2) is 18.2 Å². The zero-order chi connectivity index (χ0) is 22.5. The summed E-state index contributed by atoms with van der Waals surface area (Å²) in [4.78, 5) is 42.9. The van der Waals surface area contributed by atoms with Crippen LogP contribution in [0.25, 0.3) is 0 Å². The normalized spacial score (nSPS) is 19.5. The van der Waals surface area contributed by atoms with Gasteiger partial charge in [-0.25, -0.2) is 14.2 Å². The molecule has 10 nitrogen and oxygen atoms in total. The van der Waals surface area contributed by atoms with Crippen molar-refractivity contribution < 1.29 is 37.1 Å². The maximum Gasteiger partial charge on any atom is 0.414 e. The molecule has 1 unspecified atom stereocenters. The minimum absolute atomic E-state index is 0.0329. The Morgan fingerprint density at radius 2 is 2.03 bits per heavy atom. The number of carbonyl (C=O) groups excluding carboxylic acids is 3. The Morgan fingerprint density at radius 3 is 2.71 bits per heavy atom. The number of alkyl halides is 2. The van der Waals surface area contributed by atoms with Crippen molar-refractivity contribution in [3.05, 3.63) is 24.0 Å². The van der Waals surface area contributed by atoms with Crippen LogP contribution in [-0.2, 0) is 19.2 Å². The third-order valence-corrected chi connectivity index (χ3v) is 4.79. The number of benzene rings is 1. The molecule has 170 valence electrons. The number of hydroxylamine groups is 2. The second kappa shape index (κ2) is 9.83. The Bertz CT molecular complexity index is 843. The van der Waals surface area contributed by atoms with Gasteiger partial charge in [-0.1, -0.05) is 0 Å². The van der Waals surface area contributed by atoms with Gasteiger partial charge in [0.25, 0.3) is 11.8 Å². The molecule has 2 fully saturated rings. The number of anilines is 2. The van der Waals surface area contributed by atoms with E-state index in [1.807, 2.05) is 5.32 Å². The van der Waals surface area contributed by atoms with Gasteiger partial charge in [-0.05, 0) is 18.2 Å². The van der Waals surface area contributed by atoms with E-state index in [0.717, 1.165) is 16.0 Å². The van der Waals surface area contributed by atoms with Crippen LogP contribution < -0.4 is 20.9 Å². The standard InChI is InChI=1S/C18H22F3N5O5/c19-13-7-11(25-10-12(31-18(25)29)9-23-17(28)16(20)21)1-2-14(13)24-3-4-26(15(27)8-22)30-6-5-24/h1-2,7,12,16H,3-6,8-10,22H2,(H,23,28). The summed E-state index contributed by atoms with van der Waals surface area (Å²) in [5, 5.41) is 3.13. The van der Waals surface area contributed by atoms with Gasteiger partial charge in [-0.15, -0.1) is 0 Å². The van der Waals surface area contributed by atoms with E-state index in [1.165, 1.54) is 12.1 Å². The van der Waals surface area contributed by atoms with Crippen LogP contribution in [0.5, 0.6) is 0 Å². The lowest BCUT2D eigenvalue weighted by Crippen LogP contribution is -2.38. The third-order valence-electron chi connectivity index (χ3n) is 4.79. The van der Waals surface area contributed by atoms with E-state index >= 15 is 0 Å². The van der Waals surface area contributed by atoms with Crippen molar-refractivity contribution in [2.75, 3.05) is 55.7 Å². The topological polar surface area (TPSA) is 117 Å². The van der Waals surface area contributed by atoms with Crippen molar-refractivity contribution in [1.29, 1.82) is 0 Å². The Labute approximate surface area is 175 Å². The van der Waals surface area contributed by atoms with E-state index in [1.54, 1.807) is 4.90 Å². The van der Waals surface area contributed by atoms with Crippen LogP contribution in [0.2, 0.25) is 0 Å². The van der Waals surface area contributed by atoms with Gasteiger partial charge in [0.05, 0.1) is 44.2 Å². The molecule has 2 heterocycles. The fourth-order valence-corrected chi connectivity index (χ4v) is 3.24. The van der Waals surface area contributed by atoms with Gasteiger partial charge in [0.2, 0.25) is 0 Å². The van der Waals surface area contributed by atoms with E-state index in [0.29, 0.717) is 13.1 Å². The molecule has 0 bridgehead atoms. The molecule has 0 radical (unpaired) electrons. The molecule has 13 heteroatoms. The molecule has 0 saturated carbocycles. The van der Waals surface area contributed by atoms with Gasteiger partial charge in [0.15, 0.2) is 0 Å².